The number of aromatic nitrogens is 3. The smallest absolute Gasteiger partial charge is 0.142 e. The number of imidazole rings is 1. The molecule has 4 rings (SSSR count). The SMILES string of the molecule is CN(C)CCN(C)c1cccc2[nH]c(CN(C)C3CCOc4cccnc43)nc12. The summed E-state index contributed by atoms with van der Waals surface area (Å²) in [5, 5.41) is 0. The number of para-hydroxylation sites is 1. The average molecular weight is 395 g/mol. The van der Waals surface area contributed by atoms with Crippen molar-refractivity contribution in [2.24, 2.45) is 0 Å². The van der Waals surface area contributed by atoms with Crippen LogP contribution in [-0.4, -0.2) is 72.6 Å². The minimum atomic E-state index is 0.232. The third kappa shape index (κ3) is 4.21. The van der Waals surface area contributed by atoms with Gasteiger partial charge in [0.15, 0.2) is 0 Å². The Morgan fingerprint density at radius 3 is 2.79 bits per heavy atom. The first-order chi connectivity index (χ1) is 14.0. The number of H-pyrrole nitrogens is 1. The highest BCUT2D eigenvalue weighted by Gasteiger charge is 2.26. The number of hydrogen-bond donors (Lipinski definition) is 1. The molecule has 0 saturated carbocycles. The van der Waals surface area contributed by atoms with Crippen LogP contribution in [0.25, 0.3) is 11.0 Å². The normalized spacial score (nSPS) is 16.3. The summed E-state index contributed by atoms with van der Waals surface area (Å²) in [6.45, 7) is 3.41. The summed E-state index contributed by atoms with van der Waals surface area (Å²) in [6.07, 6.45) is 2.77. The Kier molecular flexibility index (Phi) is 5.69. The number of aromatic amines is 1. The Hall–Kier alpha value is -2.64. The average Bonchev–Trinajstić information content (AvgIpc) is 3.13. The first-order valence-electron chi connectivity index (χ1n) is 10.1. The zero-order valence-corrected chi connectivity index (χ0v) is 17.7. The number of fused-ring (bicyclic) bond motifs is 2. The molecule has 1 atom stereocenters. The van der Waals surface area contributed by atoms with E-state index in [2.05, 4.69) is 71.1 Å². The van der Waals surface area contributed by atoms with Crippen LogP contribution in [0.1, 0.15) is 24.0 Å². The van der Waals surface area contributed by atoms with Crippen molar-refractivity contribution in [1.82, 2.24) is 24.8 Å². The molecule has 0 fully saturated rings. The lowest BCUT2D eigenvalue weighted by atomic mass is 10.1. The quantitative estimate of drug-likeness (QED) is 0.665. The Balaban J connectivity index is 1.54. The molecule has 1 aliphatic rings. The number of rotatable bonds is 7. The van der Waals surface area contributed by atoms with Gasteiger partial charge in [0, 0.05) is 32.8 Å². The predicted octanol–water partition coefficient (Wildman–Crippen LogP) is 2.91. The molecule has 7 nitrogen and oxygen atoms in total. The van der Waals surface area contributed by atoms with E-state index in [1.54, 1.807) is 0 Å². The molecule has 0 spiro atoms. The van der Waals surface area contributed by atoms with Crippen LogP contribution in [0.5, 0.6) is 5.75 Å². The fraction of sp³-hybridized carbons (Fsp3) is 0.455. The molecule has 29 heavy (non-hydrogen) atoms. The van der Waals surface area contributed by atoms with Gasteiger partial charge in [-0.15, -0.1) is 0 Å². The topological polar surface area (TPSA) is 60.5 Å². The summed E-state index contributed by atoms with van der Waals surface area (Å²) in [6, 6.07) is 10.5. The first kappa shape index (κ1) is 19.7. The van der Waals surface area contributed by atoms with Gasteiger partial charge in [-0.3, -0.25) is 9.88 Å². The summed E-state index contributed by atoms with van der Waals surface area (Å²) in [4.78, 5) is 19.8. The van der Waals surface area contributed by atoms with Crippen LogP contribution in [-0.2, 0) is 6.54 Å². The van der Waals surface area contributed by atoms with E-state index >= 15 is 0 Å². The van der Waals surface area contributed by atoms with Crippen molar-refractivity contribution in [2.45, 2.75) is 19.0 Å². The van der Waals surface area contributed by atoms with Gasteiger partial charge in [-0.25, -0.2) is 4.98 Å². The molecular weight excluding hydrogens is 364 g/mol. The number of nitrogens with one attached hydrogen (secondary N) is 1. The second-order valence-electron chi connectivity index (χ2n) is 8.04. The van der Waals surface area contributed by atoms with Crippen LogP contribution in [0, 0.1) is 0 Å². The number of nitrogens with zero attached hydrogens (tertiary/aromatic N) is 5. The molecule has 0 saturated heterocycles. The number of benzene rings is 1. The van der Waals surface area contributed by atoms with Crippen molar-refractivity contribution in [1.29, 1.82) is 0 Å². The molecule has 3 aromatic rings. The molecule has 1 unspecified atom stereocenters. The Morgan fingerprint density at radius 2 is 1.97 bits per heavy atom. The zero-order chi connectivity index (χ0) is 20.4. The van der Waals surface area contributed by atoms with Gasteiger partial charge in [0.05, 0.1) is 36.1 Å². The van der Waals surface area contributed by atoms with E-state index in [4.69, 9.17) is 9.72 Å². The minimum Gasteiger partial charge on any atom is -0.492 e. The van der Waals surface area contributed by atoms with Crippen molar-refractivity contribution in [3.63, 3.8) is 0 Å². The highest BCUT2D eigenvalue weighted by Crippen LogP contribution is 2.34. The number of pyridine rings is 1. The van der Waals surface area contributed by atoms with E-state index in [-0.39, 0.29) is 6.04 Å². The van der Waals surface area contributed by atoms with E-state index in [0.717, 1.165) is 60.0 Å². The van der Waals surface area contributed by atoms with Gasteiger partial charge < -0.3 is 19.5 Å². The molecule has 0 radical (unpaired) electrons. The van der Waals surface area contributed by atoms with Gasteiger partial charge >= 0.3 is 0 Å². The van der Waals surface area contributed by atoms with Gasteiger partial charge in [-0.05, 0) is 45.4 Å². The van der Waals surface area contributed by atoms with Crippen molar-refractivity contribution < 1.29 is 4.74 Å². The van der Waals surface area contributed by atoms with Crippen LogP contribution in [0.4, 0.5) is 5.69 Å². The number of anilines is 1. The number of ether oxygens (including phenoxy) is 1. The molecule has 0 bridgehead atoms. The van der Waals surface area contributed by atoms with Gasteiger partial charge in [-0.1, -0.05) is 6.07 Å². The molecule has 0 aliphatic carbocycles. The third-order valence-electron chi connectivity index (χ3n) is 5.53. The van der Waals surface area contributed by atoms with Gasteiger partial charge in [0.2, 0.25) is 0 Å². The third-order valence-corrected chi connectivity index (χ3v) is 5.53. The highest BCUT2D eigenvalue weighted by atomic mass is 16.5. The lowest BCUT2D eigenvalue weighted by Gasteiger charge is -2.31. The van der Waals surface area contributed by atoms with Gasteiger partial charge in [-0.2, -0.15) is 0 Å². The fourth-order valence-corrected chi connectivity index (χ4v) is 3.89. The molecule has 1 aromatic carbocycles. The van der Waals surface area contributed by atoms with E-state index < -0.39 is 0 Å². The van der Waals surface area contributed by atoms with Crippen molar-refractivity contribution in [2.75, 3.05) is 52.8 Å². The molecule has 7 heteroatoms. The van der Waals surface area contributed by atoms with E-state index in [1.165, 1.54) is 0 Å². The molecule has 154 valence electrons. The lowest BCUT2D eigenvalue weighted by Crippen LogP contribution is -2.30. The number of likely N-dealkylation sites (N-methyl/N-ethyl adjacent to an activating group) is 2. The summed E-state index contributed by atoms with van der Waals surface area (Å²) < 4.78 is 5.76. The Labute approximate surface area is 172 Å². The predicted molar refractivity (Wildman–Crippen MR) is 116 cm³/mol. The monoisotopic (exact) mass is 394 g/mol. The van der Waals surface area contributed by atoms with Crippen LogP contribution in [0.3, 0.4) is 0 Å². The molecule has 0 amide bonds. The minimum absolute atomic E-state index is 0.232. The number of hydrogen-bond acceptors (Lipinski definition) is 6. The first-order valence-corrected chi connectivity index (χ1v) is 10.1. The second-order valence-corrected chi connectivity index (χ2v) is 8.04. The van der Waals surface area contributed by atoms with E-state index in [0.29, 0.717) is 6.61 Å². The zero-order valence-electron chi connectivity index (χ0n) is 17.7. The lowest BCUT2D eigenvalue weighted by molar-refractivity contribution is 0.154. The largest absolute Gasteiger partial charge is 0.492 e. The van der Waals surface area contributed by atoms with Crippen LogP contribution < -0.4 is 9.64 Å². The molecule has 2 aromatic heterocycles. The van der Waals surface area contributed by atoms with Crippen LogP contribution >= 0.6 is 0 Å². The molecule has 3 heterocycles. The standard InChI is InChI=1S/C22H30N6O/c1-26(2)12-13-27(3)17-8-5-7-16-21(17)25-20(24-16)15-28(4)18-10-14-29-19-9-6-11-23-22(18)19/h5-9,11,18H,10,12-15H2,1-4H3,(H,24,25). The maximum Gasteiger partial charge on any atom is 0.142 e. The molecule has 1 aliphatic heterocycles. The van der Waals surface area contributed by atoms with E-state index in [1.807, 2.05) is 18.3 Å². The maximum atomic E-state index is 5.76. The second kappa shape index (κ2) is 8.39. The van der Waals surface area contributed by atoms with Gasteiger partial charge in [0.25, 0.3) is 0 Å². The molecule has 1 N–H and O–H groups in total. The van der Waals surface area contributed by atoms with Crippen LogP contribution in [0.15, 0.2) is 36.5 Å². The summed E-state index contributed by atoms with van der Waals surface area (Å²) in [5.74, 6) is 1.87. The van der Waals surface area contributed by atoms with Crippen LogP contribution in [0.2, 0.25) is 0 Å². The Morgan fingerprint density at radius 1 is 1.10 bits per heavy atom. The maximum absolute atomic E-state index is 5.76. The Bertz CT molecular complexity index is 969. The summed E-state index contributed by atoms with van der Waals surface area (Å²) in [5.41, 5.74) is 4.28. The van der Waals surface area contributed by atoms with Gasteiger partial charge in [0.1, 0.15) is 17.1 Å². The molecular formula is C22H30N6O. The highest BCUT2D eigenvalue weighted by molar-refractivity contribution is 5.88. The summed E-state index contributed by atoms with van der Waals surface area (Å²) >= 11 is 0. The summed E-state index contributed by atoms with van der Waals surface area (Å²) in [7, 11) is 8.45. The van der Waals surface area contributed by atoms with Crippen molar-refractivity contribution >= 4 is 16.7 Å². The fourth-order valence-electron chi connectivity index (χ4n) is 3.89. The van der Waals surface area contributed by atoms with Crippen molar-refractivity contribution in [3.8, 4) is 5.75 Å². The van der Waals surface area contributed by atoms with Crippen molar-refractivity contribution in [3.05, 3.63) is 48.0 Å². The van der Waals surface area contributed by atoms with E-state index in [9.17, 15) is 0 Å².